The average Bonchev–Trinajstić information content (AvgIpc) is 1.83. The lowest BCUT2D eigenvalue weighted by atomic mass is 10.2. The van der Waals surface area contributed by atoms with Gasteiger partial charge in [-0.3, -0.25) is 0 Å². The second-order valence-corrected chi connectivity index (χ2v) is 5.93. The van der Waals surface area contributed by atoms with Crippen molar-refractivity contribution in [2.75, 3.05) is 19.3 Å². The molecule has 0 amide bonds. The van der Waals surface area contributed by atoms with Crippen LogP contribution in [-0.4, -0.2) is 24.1 Å². The molecule has 0 aliphatic rings. The van der Waals surface area contributed by atoms with Gasteiger partial charge in [-0.2, -0.15) is 11.8 Å². The van der Waals surface area contributed by atoms with Gasteiger partial charge in [0, 0.05) is 4.75 Å². The Morgan fingerprint density at radius 2 is 1.91 bits per heavy atom. The second-order valence-electron chi connectivity index (χ2n) is 4.09. The molecule has 0 aromatic carbocycles. The second kappa shape index (κ2) is 5.04. The summed E-state index contributed by atoms with van der Waals surface area (Å²) in [5, 5.41) is 3.19. The van der Waals surface area contributed by atoms with Gasteiger partial charge in [-0.25, -0.2) is 0 Å². The first kappa shape index (κ1) is 11.3. The van der Waals surface area contributed by atoms with E-state index >= 15 is 0 Å². The number of nitrogens with one attached hydrogen (secondary N) is 1. The van der Waals surface area contributed by atoms with Gasteiger partial charge >= 0.3 is 0 Å². The summed E-state index contributed by atoms with van der Waals surface area (Å²) in [6, 6.07) is 0. The molecule has 2 heteroatoms. The molecule has 0 saturated carbocycles. The average molecular weight is 175 g/mol. The summed E-state index contributed by atoms with van der Waals surface area (Å²) in [4.78, 5) is 0. The van der Waals surface area contributed by atoms with Crippen molar-refractivity contribution in [3.63, 3.8) is 0 Å². The van der Waals surface area contributed by atoms with E-state index in [1.807, 2.05) is 18.8 Å². The molecule has 1 atom stereocenters. The van der Waals surface area contributed by atoms with Crippen LogP contribution in [0.1, 0.15) is 27.7 Å². The van der Waals surface area contributed by atoms with Gasteiger partial charge in [-0.05, 0) is 25.3 Å². The van der Waals surface area contributed by atoms with Crippen molar-refractivity contribution in [2.24, 2.45) is 5.92 Å². The lowest BCUT2D eigenvalue weighted by Crippen LogP contribution is -2.20. The van der Waals surface area contributed by atoms with Crippen LogP contribution in [0.15, 0.2) is 0 Å². The van der Waals surface area contributed by atoms with Gasteiger partial charge in [-0.1, -0.05) is 27.7 Å². The summed E-state index contributed by atoms with van der Waals surface area (Å²) < 4.78 is 0.419. The van der Waals surface area contributed by atoms with E-state index in [4.69, 9.17) is 0 Å². The topological polar surface area (TPSA) is 12.0 Å². The third kappa shape index (κ3) is 8.21. The summed E-state index contributed by atoms with van der Waals surface area (Å²) in [6.45, 7) is 10.2. The summed E-state index contributed by atoms with van der Waals surface area (Å²) in [7, 11) is 2.01. The molecule has 0 spiro atoms. The summed E-state index contributed by atoms with van der Waals surface area (Å²) in [6.07, 6.45) is 0. The minimum absolute atomic E-state index is 0.419. The highest BCUT2D eigenvalue weighted by Crippen LogP contribution is 2.24. The molecule has 1 N–H and O–H groups in total. The SMILES string of the molecule is CNCC(C)CSC(C)(C)C. The highest BCUT2D eigenvalue weighted by atomic mass is 32.2. The zero-order valence-corrected chi connectivity index (χ0v) is 9.22. The van der Waals surface area contributed by atoms with E-state index in [9.17, 15) is 0 Å². The first-order valence-electron chi connectivity index (χ1n) is 4.24. The van der Waals surface area contributed by atoms with E-state index in [-0.39, 0.29) is 0 Å². The smallest absolute Gasteiger partial charge is 0.00752 e. The minimum Gasteiger partial charge on any atom is -0.319 e. The molecule has 1 unspecified atom stereocenters. The molecule has 0 aliphatic heterocycles. The summed E-state index contributed by atoms with van der Waals surface area (Å²) in [5.74, 6) is 2.04. The zero-order chi connectivity index (χ0) is 8.91. The molecule has 0 saturated heterocycles. The minimum atomic E-state index is 0.419. The van der Waals surface area contributed by atoms with Gasteiger partial charge in [0.15, 0.2) is 0 Å². The third-order valence-corrected chi connectivity index (χ3v) is 2.96. The van der Waals surface area contributed by atoms with E-state index < -0.39 is 0 Å². The predicted molar refractivity (Wildman–Crippen MR) is 55.3 cm³/mol. The molecule has 0 fully saturated rings. The van der Waals surface area contributed by atoms with Crippen LogP contribution in [0, 0.1) is 5.92 Å². The highest BCUT2D eigenvalue weighted by molar-refractivity contribution is 8.00. The highest BCUT2D eigenvalue weighted by Gasteiger charge is 2.12. The maximum atomic E-state index is 3.19. The van der Waals surface area contributed by atoms with Gasteiger partial charge in [0.25, 0.3) is 0 Å². The van der Waals surface area contributed by atoms with Gasteiger partial charge in [-0.15, -0.1) is 0 Å². The molecular weight excluding hydrogens is 154 g/mol. The molecule has 0 radical (unpaired) electrons. The van der Waals surface area contributed by atoms with Crippen LogP contribution in [-0.2, 0) is 0 Å². The lowest BCUT2D eigenvalue weighted by Gasteiger charge is -2.20. The van der Waals surface area contributed by atoms with E-state index in [0.717, 1.165) is 12.5 Å². The van der Waals surface area contributed by atoms with Crippen molar-refractivity contribution in [3.05, 3.63) is 0 Å². The Balaban J connectivity index is 3.38. The van der Waals surface area contributed by atoms with Crippen molar-refractivity contribution in [3.8, 4) is 0 Å². The Labute approximate surface area is 75.3 Å². The molecule has 11 heavy (non-hydrogen) atoms. The fourth-order valence-corrected chi connectivity index (χ4v) is 1.70. The van der Waals surface area contributed by atoms with E-state index in [1.165, 1.54) is 5.75 Å². The molecule has 68 valence electrons. The third-order valence-electron chi connectivity index (χ3n) is 1.35. The Hall–Kier alpha value is 0.310. The van der Waals surface area contributed by atoms with Gasteiger partial charge in [0.05, 0.1) is 0 Å². The van der Waals surface area contributed by atoms with E-state index in [0.29, 0.717) is 4.75 Å². The molecule has 0 rings (SSSR count). The van der Waals surface area contributed by atoms with Crippen molar-refractivity contribution in [1.29, 1.82) is 0 Å². The zero-order valence-electron chi connectivity index (χ0n) is 8.40. The fraction of sp³-hybridized carbons (Fsp3) is 1.00. The van der Waals surface area contributed by atoms with Crippen molar-refractivity contribution in [2.45, 2.75) is 32.4 Å². The van der Waals surface area contributed by atoms with Crippen LogP contribution in [0.3, 0.4) is 0 Å². The summed E-state index contributed by atoms with van der Waals surface area (Å²) in [5.41, 5.74) is 0. The maximum absolute atomic E-state index is 3.19. The fourth-order valence-electron chi connectivity index (χ4n) is 0.800. The molecule has 0 bridgehead atoms. The quantitative estimate of drug-likeness (QED) is 0.704. The number of hydrogen-bond acceptors (Lipinski definition) is 2. The van der Waals surface area contributed by atoms with Crippen molar-refractivity contribution in [1.82, 2.24) is 5.32 Å². The van der Waals surface area contributed by atoms with Crippen molar-refractivity contribution < 1.29 is 0 Å². The molecule has 0 aliphatic carbocycles. The molecule has 0 aromatic heterocycles. The van der Waals surface area contributed by atoms with Crippen LogP contribution in [0.2, 0.25) is 0 Å². The standard InChI is InChI=1S/C9H21NS/c1-8(6-10-5)7-11-9(2,3)4/h8,10H,6-7H2,1-5H3. The molecule has 0 aromatic rings. The Morgan fingerprint density at radius 3 is 2.27 bits per heavy atom. The van der Waals surface area contributed by atoms with E-state index in [1.54, 1.807) is 0 Å². The lowest BCUT2D eigenvalue weighted by molar-refractivity contribution is 0.600. The Bertz CT molecular complexity index is 96.2. The summed E-state index contributed by atoms with van der Waals surface area (Å²) >= 11 is 2.04. The number of hydrogen-bond donors (Lipinski definition) is 1. The molecule has 1 nitrogen and oxygen atoms in total. The largest absolute Gasteiger partial charge is 0.319 e. The van der Waals surface area contributed by atoms with Gasteiger partial charge in [0.2, 0.25) is 0 Å². The van der Waals surface area contributed by atoms with Crippen LogP contribution in [0.4, 0.5) is 0 Å². The number of rotatable bonds is 4. The van der Waals surface area contributed by atoms with Gasteiger partial charge in [0.1, 0.15) is 0 Å². The van der Waals surface area contributed by atoms with Crippen LogP contribution >= 0.6 is 11.8 Å². The van der Waals surface area contributed by atoms with Crippen molar-refractivity contribution >= 4 is 11.8 Å². The molecular formula is C9H21NS. The van der Waals surface area contributed by atoms with Gasteiger partial charge < -0.3 is 5.32 Å². The van der Waals surface area contributed by atoms with E-state index in [2.05, 4.69) is 33.0 Å². The van der Waals surface area contributed by atoms with Crippen LogP contribution < -0.4 is 5.32 Å². The number of thioether (sulfide) groups is 1. The Morgan fingerprint density at radius 1 is 1.36 bits per heavy atom. The first-order valence-corrected chi connectivity index (χ1v) is 5.23. The molecule has 0 heterocycles. The maximum Gasteiger partial charge on any atom is 0.00752 e. The Kier molecular flexibility index (Phi) is 5.19. The first-order chi connectivity index (χ1) is 4.95. The predicted octanol–water partition coefficient (Wildman–Crippen LogP) is 2.37. The monoisotopic (exact) mass is 175 g/mol. The normalized spacial score (nSPS) is 15.0. The van der Waals surface area contributed by atoms with Crippen LogP contribution in [0.5, 0.6) is 0 Å². The van der Waals surface area contributed by atoms with Crippen LogP contribution in [0.25, 0.3) is 0 Å².